The van der Waals surface area contributed by atoms with E-state index in [1.165, 1.54) is 0 Å². The first-order valence-corrected chi connectivity index (χ1v) is 7.38. The van der Waals surface area contributed by atoms with Gasteiger partial charge in [0.1, 0.15) is 6.10 Å². The minimum absolute atomic E-state index is 0.0314. The van der Waals surface area contributed by atoms with Crippen LogP contribution in [0, 0.1) is 0 Å². The fourth-order valence-corrected chi connectivity index (χ4v) is 2.42. The fourth-order valence-electron chi connectivity index (χ4n) is 2.29. The van der Waals surface area contributed by atoms with Gasteiger partial charge < -0.3 is 15.8 Å². The summed E-state index contributed by atoms with van der Waals surface area (Å²) in [4.78, 5) is 22.7. The summed E-state index contributed by atoms with van der Waals surface area (Å²) < 4.78 is 5.45. The van der Waals surface area contributed by atoms with E-state index in [1.807, 2.05) is 24.3 Å². The van der Waals surface area contributed by atoms with E-state index >= 15 is 0 Å². The van der Waals surface area contributed by atoms with Gasteiger partial charge in [0.05, 0.1) is 6.10 Å². The maximum absolute atomic E-state index is 11.8. The Morgan fingerprint density at radius 2 is 2.00 bits per heavy atom. The quantitative estimate of drug-likeness (QED) is 0.834. The second-order valence-electron chi connectivity index (χ2n) is 5.16. The largest absolute Gasteiger partial charge is 0.367 e. The summed E-state index contributed by atoms with van der Waals surface area (Å²) in [5.74, 6) is -0.470. The van der Waals surface area contributed by atoms with Crippen molar-refractivity contribution in [3.8, 4) is 0 Å². The van der Waals surface area contributed by atoms with Gasteiger partial charge in [0.25, 0.3) is 0 Å². The summed E-state index contributed by atoms with van der Waals surface area (Å²) in [6.07, 6.45) is 1.81. The number of halogens is 1. The van der Waals surface area contributed by atoms with Crippen molar-refractivity contribution in [3.63, 3.8) is 0 Å². The van der Waals surface area contributed by atoms with Gasteiger partial charge >= 0.3 is 0 Å². The van der Waals surface area contributed by atoms with E-state index in [1.54, 1.807) is 0 Å². The molecular formula is C15H19ClN2O3. The Kier molecular flexibility index (Phi) is 5.59. The molecule has 5 nitrogen and oxygen atoms in total. The Hall–Kier alpha value is -1.59. The molecule has 2 amide bonds. The number of hydrogen-bond donors (Lipinski definition) is 2. The molecule has 6 heteroatoms. The topological polar surface area (TPSA) is 81.4 Å². The zero-order valence-corrected chi connectivity index (χ0v) is 12.4. The molecule has 1 saturated heterocycles. The number of primary amides is 1. The van der Waals surface area contributed by atoms with Crippen molar-refractivity contribution in [2.45, 2.75) is 37.9 Å². The zero-order valence-electron chi connectivity index (χ0n) is 11.7. The van der Waals surface area contributed by atoms with Crippen LogP contribution < -0.4 is 11.1 Å². The highest BCUT2D eigenvalue weighted by Crippen LogP contribution is 2.18. The average Bonchev–Trinajstić information content (AvgIpc) is 2.93. The molecule has 1 aliphatic heterocycles. The van der Waals surface area contributed by atoms with Gasteiger partial charge in [0, 0.05) is 18.0 Å². The molecule has 2 atom stereocenters. The van der Waals surface area contributed by atoms with Gasteiger partial charge in [-0.15, -0.1) is 0 Å². The van der Waals surface area contributed by atoms with Gasteiger partial charge in [-0.2, -0.15) is 0 Å². The Balaban J connectivity index is 1.66. The summed E-state index contributed by atoms with van der Waals surface area (Å²) >= 11 is 5.80. The van der Waals surface area contributed by atoms with Crippen LogP contribution in [-0.2, 0) is 20.7 Å². The normalized spacial score (nSPS) is 21.2. The molecule has 0 bridgehead atoms. The minimum atomic E-state index is -0.513. The Labute approximate surface area is 128 Å². The molecule has 3 N–H and O–H groups in total. The zero-order chi connectivity index (χ0) is 15.2. The van der Waals surface area contributed by atoms with Gasteiger partial charge in [-0.05, 0) is 37.0 Å². The van der Waals surface area contributed by atoms with E-state index < -0.39 is 12.0 Å². The standard InChI is InChI=1S/C15H19ClN2O3/c16-11-4-1-10(2-5-11)3-8-14(19)18-9-12-6-7-13(21-12)15(17)20/h1-2,4-5,12-13H,3,6-9H2,(H2,17,20)(H,18,19)/t12-,13-/m1/s1. The Bertz CT molecular complexity index is 504. The number of amides is 2. The van der Waals surface area contributed by atoms with Crippen LogP contribution in [0.15, 0.2) is 24.3 Å². The summed E-state index contributed by atoms with van der Waals surface area (Å²) in [7, 11) is 0. The molecule has 114 valence electrons. The van der Waals surface area contributed by atoms with E-state index in [0.717, 1.165) is 12.0 Å². The molecule has 1 aromatic carbocycles. The summed E-state index contributed by atoms with van der Waals surface area (Å²) in [5, 5.41) is 3.51. The van der Waals surface area contributed by atoms with Gasteiger partial charge in [0.2, 0.25) is 11.8 Å². The smallest absolute Gasteiger partial charge is 0.246 e. The second kappa shape index (κ2) is 7.43. The highest BCUT2D eigenvalue weighted by molar-refractivity contribution is 6.30. The number of carbonyl (C=O) groups excluding carboxylic acids is 2. The number of carbonyl (C=O) groups is 2. The molecule has 0 aliphatic carbocycles. The lowest BCUT2D eigenvalue weighted by molar-refractivity contribution is -0.128. The molecular weight excluding hydrogens is 292 g/mol. The minimum Gasteiger partial charge on any atom is -0.367 e. The number of aryl methyl sites for hydroxylation is 1. The molecule has 1 aliphatic rings. The number of benzene rings is 1. The lowest BCUT2D eigenvalue weighted by Gasteiger charge is -2.12. The van der Waals surface area contributed by atoms with Crippen molar-refractivity contribution in [3.05, 3.63) is 34.9 Å². The van der Waals surface area contributed by atoms with Crippen LogP contribution >= 0.6 is 11.6 Å². The third-order valence-corrected chi connectivity index (χ3v) is 3.76. The van der Waals surface area contributed by atoms with Crippen molar-refractivity contribution in [1.29, 1.82) is 0 Å². The van der Waals surface area contributed by atoms with E-state index in [2.05, 4.69) is 5.32 Å². The van der Waals surface area contributed by atoms with E-state index in [4.69, 9.17) is 22.1 Å². The van der Waals surface area contributed by atoms with E-state index in [0.29, 0.717) is 30.8 Å². The van der Waals surface area contributed by atoms with Crippen LogP contribution in [0.1, 0.15) is 24.8 Å². The van der Waals surface area contributed by atoms with Gasteiger partial charge in [-0.25, -0.2) is 0 Å². The van der Waals surface area contributed by atoms with E-state index in [-0.39, 0.29) is 12.0 Å². The maximum Gasteiger partial charge on any atom is 0.246 e. The van der Waals surface area contributed by atoms with Gasteiger partial charge in [-0.3, -0.25) is 9.59 Å². The molecule has 1 fully saturated rings. The monoisotopic (exact) mass is 310 g/mol. The molecule has 0 spiro atoms. The second-order valence-corrected chi connectivity index (χ2v) is 5.59. The fraction of sp³-hybridized carbons (Fsp3) is 0.467. The first kappa shape index (κ1) is 15.8. The summed E-state index contributed by atoms with van der Waals surface area (Å²) in [6.45, 7) is 0.420. The van der Waals surface area contributed by atoms with Crippen LogP contribution in [0.3, 0.4) is 0 Å². The Morgan fingerprint density at radius 3 is 2.62 bits per heavy atom. The number of ether oxygens (including phenoxy) is 1. The van der Waals surface area contributed by atoms with Crippen molar-refractivity contribution < 1.29 is 14.3 Å². The average molecular weight is 311 g/mol. The van der Waals surface area contributed by atoms with Crippen molar-refractivity contribution >= 4 is 23.4 Å². The van der Waals surface area contributed by atoms with Gasteiger partial charge in [-0.1, -0.05) is 23.7 Å². The first-order chi connectivity index (χ1) is 10.0. The number of nitrogens with one attached hydrogen (secondary N) is 1. The van der Waals surface area contributed by atoms with E-state index in [9.17, 15) is 9.59 Å². The molecule has 0 aromatic heterocycles. The highest BCUT2D eigenvalue weighted by atomic mass is 35.5. The van der Waals surface area contributed by atoms with Crippen LogP contribution in [0.4, 0.5) is 0 Å². The molecule has 0 radical (unpaired) electrons. The van der Waals surface area contributed by atoms with Crippen LogP contribution in [0.25, 0.3) is 0 Å². The van der Waals surface area contributed by atoms with Crippen LogP contribution in [0.5, 0.6) is 0 Å². The van der Waals surface area contributed by atoms with Crippen LogP contribution in [0.2, 0.25) is 5.02 Å². The van der Waals surface area contributed by atoms with Crippen molar-refractivity contribution in [2.24, 2.45) is 5.73 Å². The molecule has 21 heavy (non-hydrogen) atoms. The third-order valence-electron chi connectivity index (χ3n) is 3.51. The van der Waals surface area contributed by atoms with Crippen molar-refractivity contribution in [2.75, 3.05) is 6.54 Å². The highest BCUT2D eigenvalue weighted by Gasteiger charge is 2.29. The number of nitrogens with two attached hydrogens (primary N) is 1. The number of hydrogen-bond acceptors (Lipinski definition) is 3. The predicted octanol–water partition coefficient (Wildman–Crippen LogP) is 1.42. The lowest BCUT2D eigenvalue weighted by Crippen LogP contribution is -2.34. The molecule has 0 saturated carbocycles. The molecule has 2 rings (SSSR count). The maximum atomic E-state index is 11.8. The number of rotatable bonds is 6. The summed E-state index contributed by atoms with van der Waals surface area (Å²) in [6, 6.07) is 7.44. The van der Waals surface area contributed by atoms with Crippen LogP contribution in [-0.4, -0.2) is 30.6 Å². The predicted molar refractivity (Wildman–Crippen MR) is 79.9 cm³/mol. The van der Waals surface area contributed by atoms with Gasteiger partial charge in [0.15, 0.2) is 0 Å². The third kappa shape index (κ3) is 5.02. The Morgan fingerprint density at radius 1 is 1.29 bits per heavy atom. The molecule has 0 unspecified atom stereocenters. The van der Waals surface area contributed by atoms with Crippen molar-refractivity contribution in [1.82, 2.24) is 5.32 Å². The first-order valence-electron chi connectivity index (χ1n) is 7.00. The molecule has 1 heterocycles. The SMILES string of the molecule is NC(=O)[C@H]1CC[C@H](CNC(=O)CCc2ccc(Cl)cc2)O1. The summed E-state index contributed by atoms with van der Waals surface area (Å²) in [5.41, 5.74) is 6.25. The molecule has 1 aromatic rings. The lowest BCUT2D eigenvalue weighted by atomic mass is 10.1.